The fraction of sp³-hybridized carbons (Fsp3) is 0.429. The molecule has 0 bridgehead atoms. The van der Waals surface area contributed by atoms with Gasteiger partial charge in [0.1, 0.15) is 12.4 Å². The number of hydrogen-bond acceptors (Lipinski definition) is 2. The van der Waals surface area contributed by atoms with Crippen molar-refractivity contribution in [2.45, 2.75) is 13.8 Å². The lowest BCUT2D eigenvalue weighted by atomic mass is 10.2. The molecule has 94 valence electrons. The molecule has 0 saturated carbocycles. The lowest BCUT2D eigenvalue weighted by Gasteiger charge is -2.13. The van der Waals surface area contributed by atoms with E-state index in [0.717, 1.165) is 17.0 Å². The van der Waals surface area contributed by atoms with E-state index < -0.39 is 0 Å². The van der Waals surface area contributed by atoms with Gasteiger partial charge in [-0.25, -0.2) is 0 Å². The Labute approximate surface area is 103 Å². The minimum absolute atomic E-state index is 0.553. The van der Waals surface area contributed by atoms with Crippen LogP contribution in [0.2, 0.25) is 0 Å². The summed E-state index contributed by atoms with van der Waals surface area (Å²) in [5.41, 5.74) is 3.34. The van der Waals surface area contributed by atoms with Gasteiger partial charge in [-0.3, -0.25) is 0 Å². The molecule has 0 spiro atoms. The maximum Gasteiger partial charge on any atom is 0.139 e. The third kappa shape index (κ3) is 3.01. The molecule has 0 aliphatic carbocycles. The third-order valence-corrected chi connectivity index (χ3v) is 2.76. The van der Waals surface area contributed by atoms with Crippen LogP contribution in [0.15, 0.2) is 18.7 Å². The van der Waals surface area contributed by atoms with E-state index in [1.807, 2.05) is 26.1 Å². The largest absolute Gasteiger partial charge is 0.489 e. The average Bonchev–Trinajstić information content (AvgIpc) is 2.62. The van der Waals surface area contributed by atoms with Gasteiger partial charge in [-0.2, -0.15) is 0 Å². The van der Waals surface area contributed by atoms with Crippen molar-refractivity contribution in [3.8, 4) is 0 Å². The van der Waals surface area contributed by atoms with Crippen molar-refractivity contribution >= 4 is 11.8 Å². The van der Waals surface area contributed by atoms with Crippen molar-refractivity contribution in [1.29, 1.82) is 0 Å². The van der Waals surface area contributed by atoms with Crippen LogP contribution in [0.25, 0.3) is 11.8 Å². The number of ether oxygens (including phenoxy) is 2. The smallest absolute Gasteiger partial charge is 0.139 e. The lowest BCUT2D eigenvalue weighted by Crippen LogP contribution is -2.05. The van der Waals surface area contributed by atoms with E-state index in [4.69, 9.17) is 9.47 Å². The minimum Gasteiger partial charge on any atom is -0.489 e. The minimum atomic E-state index is 0.553. The highest BCUT2D eigenvalue weighted by Crippen LogP contribution is 2.24. The fourth-order valence-electron chi connectivity index (χ4n) is 1.75. The summed E-state index contributed by atoms with van der Waals surface area (Å²) < 4.78 is 12.8. The van der Waals surface area contributed by atoms with Crippen molar-refractivity contribution in [2.75, 3.05) is 20.3 Å². The summed E-state index contributed by atoms with van der Waals surface area (Å²) in [7, 11) is 3.70. The average molecular weight is 235 g/mol. The van der Waals surface area contributed by atoms with Crippen LogP contribution >= 0.6 is 0 Å². The van der Waals surface area contributed by atoms with E-state index in [1.54, 1.807) is 7.11 Å². The van der Waals surface area contributed by atoms with Gasteiger partial charge in [-0.15, -0.1) is 0 Å². The van der Waals surface area contributed by atoms with Crippen LogP contribution in [0.4, 0.5) is 0 Å². The van der Waals surface area contributed by atoms with Crippen LogP contribution in [0.3, 0.4) is 0 Å². The van der Waals surface area contributed by atoms with Gasteiger partial charge in [-0.1, -0.05) is 12.7 Å². The van der Waals surface area contributed by atoms with Crippen molar-refractivity contribution in [3.05, 3.63) is 35.7 Å². The number of nitrogens with zero attached hydrogens (tertiary/aromatic N) is 1. The molecule has 0 atom stereocenters. The molecule has 0 N–H and O–H groups in total. The molecule has 0 aromatic carbocycles. The van der Waals surface area contributed by atoms with Gasteiger partial charge in [-0.05, 0) is 26.0 Å². The molecular formula is C14H21NO2. The molecule has 0 unspecified atom stereocenters. The molecule has 0 radical (unpaired) electrons. The van der Waals surface area contributed by atoms with Gasteiger partial charge in [0.2, 0.25) is 0 Å². The summed E-state index contributed by atoms with van der Waals surface area (Å²) in [6.07, 6.45) is 3.82. The first kappa shape index (κ1) is 13.6. The van der Waals surface area contributed by atoms with Crippen LogP contribution in [-0.4, -0.2) is 24.9 Å². The first-order valence-electron chi connectivity index (χ1n) is 5.72. The van der Waals surface area contributed by atoms with E-state index in [0.29, 0.717) is 13.2 Å². The second-order valence-electron chi connectivity index (χ2n) is 3.85. The monoisotopic (exact) mass is 235 g/mol. The Morgan fingerprint density at radius 3 is 2.71 bits per heavy atom. The number of aromatic nitrogens is 1. The standard InChI is InChI=1S/C14H21NO2/c1-6-12-10-11(3)15(4)14(12)13(7-2)17-9-8-16-5/h6-7,10H,1,8-9H2,2-5H3/b13-7+. The van der Waals surface area contributed by atoms with Crippen LogP contribution in [0.5, 0.6) is 0 Å². The van der Waals surface area contributed by atoms with Crippen molar-refractivity contribution < 1.29 is 9.47 Å². The molecule has 3 heteroatoms. The van der Waals surface area contributed by atoms with Gasteiger partial charge in [0.25, 0.3) is 0 Å². The second kappa shape index (κ2) is 6.30. The number of aryl methyl sites for hydroxylation is 1. The Morgan fingerprint density at radius 1 is 1.47 bits per heavy atom. The molecule has 0 aliphatic heterocycles. The summed E-state index contributed by atoms with van der Waals surface area (Å²) in [5, 5.41) is 0. The third-order valence-electron chi connectivity index (χ3n) is 2.76. The molecule has 0 fully saturated rings. The Morgan fingerprint density at radius 2 is 2.18 bits per heavy atom. The number of hydrogen-bond donors (Lipinski definition) is 0. The highest BCUT2D eigenvalue weighted by Gasteiger charge is 2.13. The quantitative estimate of drug-likeness (QED) is 0.559. The zero-order valence-corrected chi connectivity index (χ0v) is 11.1. The Hall–Kier alpha value is -1.48. The fourth-order valence-corrected chi connectivity index (χ4v) is 1.75. The maximum atomic E-state index is 5.72. The summed E-state index contributed by atoms with van der Waals surface area (Å²) in [4.78, 5) is 0. The van der Waals surface area contributed by atoms with Crippen LogP contribution < -0.4 is 0 Å². The van der Waals surface area contributed by atoms with Gasteiger partial charge in [0.15, 0.2) is 0 Å². The summed E-state index contributed by atoms with van der Waals surface area (Å²) in [6, 6.07) is 2.10. The Bertz CT molecular complexity index is 416. The van der Waals surface area contributed by atoms with Crippen LogP contribution in [0, 0.1) is 6.92 Å². The molecule has 1 aromatic rings. The number of allylic oxidation sites excluding steroid dienone is 1. The van der Waals surface area contributed by atoms with E-state index >= 15 is 0 Å². The van der Waals surface area contributed by atoms with E-state index in [1.165, 1.54) is 5.69 Å². The summed E-state index contributed by atoms with van der Waals surface area (Å²) in [6.45, 7) is 9.02. The number of rotatable bonds is 6. The summed E-state index contributed by atoms with van der Waals surface area (Å²) >= 11 is 0. The van der Waals surface area contributed by atoms with E-state index in [-0.39, 0.29) is 0 Å². The number of methoxy groups -OCH3 is 1. The van der Waals surface area contributed by atoms with Crippen molar-refractivity contribution in [3.63, 3.8) is 0 Å². The highest BCUT2D eigenvalue weighted by atomic mass is 16.5. The SMILES string of the molecule is C=Cc1cc(C)n(C)c1/C(=C\C)OCCOC. The second-order valence-corrected chi connectivity index (χ2v) is 3.85. The van der Waals surface area contributed by atoms with Crippen molar-refractivity contribution in [2.24, 2.45) is 7.05 Å². The predicted molar refractivity (Wildman–Crippen MR) is 71.7 cm³/mol. The molecule has 1 rings (SSSR count). The molecule has 1 heterocycles. The molecule has 1 aromatic heterocycles. The maximum absolute atomic E-state index is 5.72. The molecule has 0 aliphatic rings. The van der Waals surface area contributed by atoms with E-state index in [2.05, 4.69) is 24.1 Å². The first-order valence-corrected chi connectivity index (χ1v) is 5.72. The zero-order valence-electron chi connectivity index (χ0n) is 11.1. The van der Waals surface area contributed by atoms with E-state index in [9.17, 15) is 0 Å². The highest BCUT2D eigenvalue weighted by molar-refractivity contribution is 5.69. The Kier molecular flexibility index (Phi) is 5.04. The predicted octanol–water partition coefficient (Wildman–Crippen LogP) is 3.00. The first-order chi connectivity index (χ1) is 8.15. The lowest BCUT2D eigenvalue weighted by molar-refractivity contribution is 0.132. The zero-order chi connectivity index (χ0) is 12.8. The van der Waals surface area contributed by atoms with Crippen LogP contribution in [-0.2, 0) is 16.5 Å². The van der Waals surface area contributed by atoms with Gasteiger partial charge in [0, 0.05) is 25.4 Å². The molecule has 0 amide bonds. The molecule has 3 nitrogen and oxygen atoms in total. The van der Waals surface area contributed by atoms with Gasteiger partial charge >= 0.3 is 0 Å². The van der Waals surface area contributed by atoms with Gasteiger partial charge in [0.05, 0.1) is 12.3 Å². The topological polar surface area (TPSA) is 23.4 Å². The summed E-state index contributed by atoms with van der Waals surface area (Å²) in [5.74, 6) is 0.868. The van der Waals surface area contributed by atoms with Crippen molar-refractivity contribution in [1.82, 2.24) is 4.57 Å². The molecular weight excluding hydrogens is 214 g/mol. The van der Waals surface area contributed by atoms with Crippen LogP contribution in [0.1, 0.15) is 23.9 Å². The molecule has 17 heavy (non-hydrogen) atoms. The Balaban J connectivity index is 2.99. The molecule has 0 saturated heterocycles. The normalized spacial score (nSPS) is 11.6. The van der Waals surface area contributed by atoms with Gasteiger partial charge < -0.3 is 14.0 Å².